The van der Waals surface area contributed by atoms with Gasteiger partial charge in [0.15, 0.2) is 0 Å². The molecular weight excluding hydrogens is 300 g/mol. The minimum absolute atomic E-state index is 0.116. The van der Waals surface area contributed by atoms with Gasteiger partial charge in [-0.15, -0.1) is 0 Å². The molecule has 1 atom stereocenters. The van der Waals surface area contributed by atoms with E-state index in [2.05, 4.69) is 20.8 Å². The first-order valence-corrected chi connectivity index (χ1v) is 7.90. The second kappa shape index (κ2) is 6.94. The van der Waals surface area contributed by atoms with Crippen molar-refractivity contribution in [1.29, 1.82) is 0 Å². The van der Waals surface area contributed by atoms with Gasteiger partial charge in [-0.1, -0.05) is 29.8 Å². The van der Waals surface area contributed by atoms with E-state index in [0.717, 1.165) is 25.1 Å². The highest BCUT2D eigenvalue weighted by Gasteiger charge is 2.18. The Morgan fingerprint density at radius 1 is 1.41 bits per heavy atom. The molecule has 1 aliphatic rings. The third-order valence-corrected chi connectivity index (χ3v) is 4.36. The fourth-order valence-corrected chi connectivity index (χ4v) is 3.00. The Morgan fingerprint density at radius 3 is 3.05 bits per heavy atom. The molecule has 0 spiro atoms. The van der Waals surface area contributed by atoms with Gasteiger partial charge in [-0.25, -0.2) is 0 Å². The van der Waals surface area contributed by atoms with E-state index in [-0.39, 0.29) is 5.91 Å². The van der Waals surface area contributed by atoms with Gasteiger partial charge in [0.25, 0.3) is 5.91 Å². The normalized spacial score (nSPS) is 17.6. The predicted octanol–water partition coefficient (Wildman–Crippen LogP) is 2.46. The Morgan fingerprint density at radius 2 is 2.27 bits per heavy atom. The minimum atomic E-state index is -0.116. The van der Waals surface area contributed by atoms with E-state index >= 15 is 0 Å². The number of nitrogens with one attached hydrogen (secondary N) is 3. The van der Waals surface area contributed by atoms with E-state index in [4.69, 9.17) is 11.6 Å². The number of amides is 1. The number of carbonyl (C=O) groups is 1. The van der Waals surface area contributed by atoms with Crippen LogP contribution in [0.3, 0.4) is 0 Å². The molecule has 1 aliphatic heterocycles. The maximum atomic E-state index is 12.4. The molecule has 1 unspecified atom stereocenters. The highest BCUT2D eigenvalue weighted by atomic mass is 35.5. The van der Waals surface area contributed by atoms with Gasteiger partial charge in [-0.05, 0) is 37.9 Å². The highest BCUT2D eigenvalue weighted by Crippen LogP contribution is 2.28. The Hall–Kier alpha value is -1.85. The number of hydrogen-bond acceptors (Lipinski definition) is 3. The summed E-state index contributed by atoms with van der Waals surface area (Å²) in [5.74, 6) is 0.544. The van der Waals surface area contributed by atoms with Crippen molar-refractivity contribution in [3.8, 4) is 11.3 Å². The first-order valence-electron chi connectivity index (χ1n) is 7.53. The highest BCUT2D eigenvalue weighted by molar-refractivity contribution is 6.33. The first-order chi connectivity index (χ1) is 10.8. The van der Waals surface area contributed by atoms with Gasteiger partial charge >= 0.3 is 0 Å². The SMILES string of the molecule is O=C(NCCC1CCNC1)c1cn[nH]c1-c1ccccc1Cl. The topological polar surface area (TPSA) is 69.8 Å². The van der Waals surface area contributed by atoms with Gasteiger partial charge in [-0.3, -0.25) is 9.89 Å². The van der Waals surface area contributed by atoms with Crippen molar-refractivity contribution < 1.29 is 4.79 Å². The molecule has 0 bridgehead atoms. The zero-order chi connectivity index (χ0) is 15.4. The van der Waals surface area contributed by atoms with Gasteiger partial charge in [0, 0.05) is 17.1 Å². The van der Waals surface area contributed by atoms with Crippen LogP contribution in [0.25, 0.3) is 11.3 Å². The van der Waals surface area contributed by atoms with Crippen molar-refractivity contribution >= 4 is 17.5 Å². The van der Waals surface area contributed by atoms with Crippen LogP contribution in [-0.4, -0.2) is 35.7 Å². The van der Waals surface area contributed by atoms with Crippen LogP contribution in [0.4, 0.5) is 0 Å². The number of aromatic amines is 1. The smallest absolute Gasteiger partial charge is 0.255 e. The Kier molecular flexibility index (Phi) is 4.75. The van der Waals surface area contributed by atoms with Gasteiger partial charge in [0.05, 0.1) is 17.5 Å². The number of H-pyrrole nitrogens is 1. The second-order valence-electron chi connectivity index (χ2n) is 5.54. The van der Waals surface area contributed by atoms with Crippen LogP contribution in [0.1, 0.15) is 23.2 Å². The Bertz CT molecular complexity index is 649. The summed E-state index contributed by atoms with van der Waals surface area (Å²) in [4.78, 5) is 12.4. The summed E-state index contributed by atoms with van der Waals surface area (Å²) in [6.07, 6.45) is 3.73. The van der Waals surface area contributed by atoms with Crippen LogP contribution in [0.2, 0.25) is 5.02 Å². The Balaban J connectivity index is 1.66. The molecule has 1 amide bonds. The zero-order valence-corrected chi connectivity index (χ0v) is 13.0. The van der Waals surface area contributed by atoms with Crippen molar-refractivity contribution in [2.75, 3.05) is 19.6 Å². The number of carbonyl (C=O) groups excluding carboxylic acids is 1. The molecule has 5 nitrogen and oxygen atoms in total. The van der Waals surface area contributed by atoms with Gasteiger partial charge in [-0.2, -0.15) is 5.10 Å². The molecule has 0 radical (unpaired) electrons. The maximum Gasteiger partial charge on any atom is 0.255 e. The van der Waals surface area contributed by atoms with Crippen molar-refractivity contribution in [1.82, 2.24) is 20.8 Å². The number of nitrogens with zero attached hydrogens (tertiary/aromatic N) is 1. The summed E-state index contributed by atoms with van der Waals surface area (Å²) in [5.41, 5.74) is 1.97. The summed E-state index contributed by atoms with van der Waals surface area (Å²) in [5, 5.41) is 13.8. The molecule has 2 aromatic rings. The molecule has 3 N–H and O–H groups in total. The van der Waals surface area contributed by atoms with E-state index in [0.29, 0.717) is 28.7 Å². The molecule has 116 valence electrons. The standard InChI is InChI=1S/C16H19ClN4O/c17-14-4-2-1-3-12(14)15-13(10-20-21-15)16(22)19-8-6-11-5-7-18-9-11/h1-4,10-11,18H,5-9H2,(H,19,22)(H,20,21). The molecule has 1 saturated heterocycles. The minimum Gasteiger partial charge on any atom is -0.352 e. The monoisotopic (exact) mass is 318 g/mol. The van der Waals surface area contributed by atoms with Gasteiger partial charge in [0.1, 0.15) is 0 Å². The average molecular weight is 319 g/mol. The molecule has 1 aromatic heterocycles. The summed E-state index contributed by atoms with van der Waals surface area (Å²) in [6, 6.07) is 7.41. The molecule has 2 heterocycles. The lowest BCUT2D eigenvalue weighted by Gasteiger charge is -2.10. The zero-order valence-electron chi connectivity index (χ0n) is 12.2. The van der Waals surface area contributed by atoms with Crippen LogP contribution >= 0.6 is 11.6 Å². The lowest BCUT2D eigenvalue weighted by atomic mass is 10.0. The van der Waals surface area contributed by atoms with E-state index < -0.39 is 0 Å². The van der Waals surface area contributed by atoms with E-state index in [1.54, 1.807) is 12.3 Å². The average Bonchev–Trinajstić information content (AvgIpc) is 3.18. The lowest BCUT2D eigenvalue weighted by molar-refractivity contribution is 0.0952. The lowest BCUT2D eigenvalue weighted by Crippen LogP contribution is -2.26. The molecule has 1 fully saturated rings. The Labute approximate surface area is 134 Å². The third kappa shape index (κ3) is 3.31. The predicted molar refractivity (Wildman–Crippen MR) is 87.0 cm³/mol. The summed E-state index contributed by atoms with van der Waals surface area (Å²) in [7, 11) is 0. The molecule has 0 saturated carbocycles. The molecule has 22 heavy (non-hydrogen) atoms. The van der Waals surface area contributed by atoms with E-state index in [1.165, 1.54) is 6.42 Å². The molecule has 6 heteroatoms. The second-order valence-corrected chi connectivity index (χ2v) is 5.95. The van der Waals surface area contributed by atoms with Crippen LogP contribution in [0.5, 0.6) is 0 Å². The molecule has 1 aromatic carbocycles. The maximum absolute atomic E-state index is 12.4. The van der Waals surface area contributed by atoms with Crippen LogP contribution in [0, 0.1) is 5.92 Å². The summed E-state index contributed by atoms with van der Waals surface area (Å²) in [6.45, 7) is 2.81. The number of rotatable bonds is 5. The van der Waals surface area contributed by atoms with Gasteiger partial charge < -0.3 is 10.6 Å². The fraction of sp³-hybridized carbons (Fsp3) is 0.375. The number of hydrogen-bond donors (Lipinski definition) is 3. The first kappa shape index (κ1) is 15.1. The van der Waals surface area contributed by atoms with E-state index in [9.17, 15) is 4.79 Å². The van der Waals surface area contributed by atoms with Gasteiger partial charge in [0.2, 0.25) is 0 Å². The summed E-state index contributed by atoms with van der Waals surface area (Å²) >= 11 is 6.20. The third-order valence-electron chi connectivity index (χ3n) is 4.03. The molecule has 3 rings (SSSR count). The van der Waals surface area contributed by atoms with Crippen molar-refractivity contribution in [2.45, 2.75) is 12.8 Å². The summed E-state index contributed by atoms with van der Waals surface area (Å²) < 4.78 is 0. The molecule has 0 aliphatic carbocycles. The quantitative estimate of drug-likeness (QED) is 0.793. The van der Waals surface area contributed by atoms with E-state index in [1.807, 2.05) is 18.2 Å². The number of benzene rings is 1. The van der Waals surface area contributed by atoms with Crippen molar-refractivity contribution in [3.05, 3.63) is 41.0 Å². The largest absolute Gasteiger partial charge is 0.352 e. The molecular formula is C16H19ClN4O. The fourth-order valence-electron chi connectivity index (χ4n) is 2.77. The van der Waals surface area contributed by atoms with Crippen LogP contribution in [-0.2, 0) is 0 Å². The van der Waals surface area contributed by atoms with Crippen molar-refractivity contribution in [2.24, 2.45) is 5.92 Å². The number of aromatic nitrogens is 2. The number of halogens is 1. The van der Waals surface area contributed by atoms with Crippen LogP contribution < -0.4 is 10.6 Å². The van der Waals surface area contributed by atoms with Crippen molar-refractivity contribution in [3.63, 3.8) is 0 Å². The van der Waals surface area contributed by atoms with Crippen LogP contribution in [0.15, 0.2) is 30.5 Å².